The van der Waals surface area contributed by atoms with Gasteiger partial charge in [-0.15, -0.1) is 0 Å². The first kappa shape index (κ1) is 25.3. The number of hydrogen-bond acceptors (Lipinski definition) is 5. The van der Waals surface area contributed by atoms with Gasteiger partial charge in [-0.1, -0.05) is 57.2 Å². The van der Waals surface area contributed by atoms with E-state index in [0.717, 1.165) is 16.7 Å². The maximum Gasteiger partial charge on any atom is 0.332 e. The van der Waals surface area contributed by atoms with E-state index in [-0.39, 0.29) is 11.3 Å². The number of methoxy groups -OCH3 is 2. The van der Waals surface area contributed by atoms with Crippen LogP contribution in [-0.2, 0) is 27.8 Å². The van der Waals surface area contributed by atoms with E-state index in [9.17, 15) is 9.59 Å². The van der Waals surface area contributed by atoms with Gasteiger partial charge in [0, 0.05) is 23.4 Å². The zero-order chi connectivity index (χ0) is 26.1. The topological polar surface area (TPSA) is 81.9 Å². The number of anilines is 2. The van der Waals surface area contributed by atoms with Crippen molar-refractivity contribution in [2.24, 2.45) is 0 Å². The third-order valence-corrected chi connectivity index (χ3v) is 6.94. The number of nitrogens with two attached hydrogens (primary N) is 1. The minimum atomic E-state index is -1.22. The molecule has 1 heterocycles. The molecular formula is C30H34N2O4. The molecule has 1 atom stereocenters. The number of esters is 1. The lowest BCUT2D eigenvalue weighted by Gasteiger charge is -2.46. The largest absolute Gasteiger partial charge is 0.496 e. The summed E-state index contributed by atoms with van der Waals surface area (Å²) in [6.07, 6.45) is 1.33. The molecule has 188 valence electrons. The van der Waals surface area contributed by atoms with E-state index >= 15 is 0 Å². The summed E-state index contributed by atoms with van der Waals surface area (Å²) in [6.45, 7) is 6.29. The second-order valence-corrected chi connectivity index (χ2v) is 10.4. The number of fused-ring (bicyclic) bond motifs is 1. The highest BCUT2D eigenvalue weighted by Gasteiger charge is 2.51. The Kier molecular flexibility index (Phi) is 6.81. The molecule has 0 saturated heterocycles. The van der Waals surface area contributed by atoms with Crippen LogP contribution in [-0.4, -0.2) is 31.6 Å². The molecule has 0 aliphatic carbocycles. The monoisotopic (exact) mass is 486 g/mol. The lowest BCUT2D eigenvalue weighted by molar-refractivity contribution is -0.147. The quantitative estimate of drug-likeness (QED) is 0.390. The van der Waals surface area contributed by atoms with Crippen molar-refractivity contribution in [1.82, 2.24) is 0 Å². The van der Waals surface area contributed by atoms with E-state index in [4.69, 9.17) is 15.2 Å². The smallest absolute Gasteiger partial charge is 0.332 e. The fraction of sp³-hybridized carbons (Fsp3) is 0.333. The molecule has 6 heteroatoms. The van der Waals surface area contributed by atoms with Gasteiger partial charge < -0.3 is 15.2 Å². The van der Waals surface area contributed by atoms with Crippen LogP contribution in [0.4, 0.5) is 11.4 Å². The summed E-state index contributed by atoms with van der Waals surface area (Å²) in [4.78, 5) is 29.5. The molecule has 36 heavy (non-hydrogen) atoms. The molecule has 0 fully saturated rings. The Morgan fingerprint density at radius 2 is 1.72 bits per heavy atom. The summed E-state index contributed by atoms with van der Waals surface area (Å²) in [6, 6.07) is 20.7. The fourth-order valence-corrected chi connectivity index (χ4v) is 5.14. The molecule has 1 amide bonds. The summed E-state index contributed by atoms with van der Waals surface area (Å²) in [5, 5.41) is 0. The zero-order valence-electron chi connectivity index (χ0n) is 21.6. The Morgan fingerprint density at radius 3 is 2.36 bits per heavy atom. The Labute approximate surface area is 213 Å². The van der Waals surface area contributed by atoms with Crippen molar-refractivity contribution in [2.75, 3.05) is 24.9 Å². The van der Waals surface area contributed by atoms with E-state index in [1.807, 2.05) is 54.6 Å². The first-order valence-electron chi connectivity index (χ1n) is 12.1. The second kappa shape index (κ2) is 9.69. The molecule has 0 spiro atoms. The summed E-state index contributed by atoms with van der Waals surface area (Å²) in [5.41, 5.74) is 9.28. The Morgan fingerprint density at radius 1 is 1.00 bits per heavy atom. The Balaban J connectivity index is 1.91. The molecule has 0 radical (unpaired) electrons. The van der Waals surface area contributed by atoms with Gasteiger partial charge in [0.25, 0.3) is 5.91 Å². The number of carbonyl (C=O) groups is 2. The van der Waals surface area contributed by atoms with Crippen LogP contribution in [0.2, 0.25) is 0 Å². The van der Waals surface area contributed by atoms with Crippen molar-refractivity contribution in [3.8, 4) is 5.75 Å². The van der Waals surface area contributed by atoms with Crippen LogP contribution in [0, 0.1) is 0 Å². The molecule has 4 rings (SSSR count). The van der Waals surface area contributed by atoms with Gasteiger partial charge >= 0.3 is 5.97 Å². The van der Waals surface area contributed by atoms with Gasteiger partial charge in [0.2, 0.25) is 0 Å². The van der Waals surface area contributed by atoms with Crippen molar-refractivity contribution in [2.45, 2.75) is 51.0 Å². The Hall–Kier alpha value is -3.80. The lowest BCUT2D eigenvalue weighted by atomic mass is 9.78. The number of nitrogens with zero attached hydrogens (tertiary/aromatic N) is 1. The van der Waals surface area contributed by atoms with Crippen LogP contribution in [0.15, 0.2) is 66.7 Å². The summed E-state index contributed by atoms with van der Waals surface area (Å²) >= 11 is 0. The number of ether oxygens (including phenoxy) is 2. The normalized spacial score (nSPS) is 17.3. The van der Waals surface area contributed by atoms with Gasteiger partial charge in [0.05, 0.1) is 14.2 Å². The zero-order valence-corrected chi connectivity index (χ0v) is 21.6. The molecule has 2 N–H and O–H groups in total. The summed E-state index contributed by atoms with van der Waals surface area (Å²) in [5.74, 6) is -0.101. The lowest BCUT2D eigenvalue weighted by Crippen LogP contribution is -2.61. The fourth-order valence-electron chi connectivity index (χ4n) is 5.14. The van der Waals surface area contributed by atoms with Crippen molar-refractivity contribution in [1.29, 1.82) is 0 Å². The molecular weight excluding hydrogens is 452 g/mol. The molecule has 0 bridgehead atoms. The molecule has 1 aliphatic heterocycles. The SMILES string of the molecule is COC(=O)C1(Cc2ccccc2)CCc2cc(N)ccc2N1C(=O)c1ccc(C(C)(C)C)c(OC)c1. The van der Waals surface area contributed by atoms with Crippen LogP contribution in [0.25, 0.3) is 0 Å². The van der Waals surface area contributed by atoms with Gasteiger partial charge in [0.15, 0.2) is 0 Å². The van der Waals surface area contributed by atoms with Gasteiger partial charge in [-0.2, -0.15) is 0 Å². The number of nitrogen functional groups attached to an aromatic ring is 1. The van der Waals surface area contributed by atoms with Gasteiger partial charge in [-0.05, 0) is 65.3 Å². The third-order valence-electron chi connectivity index (χ3n) is 6.94. The highest BCUT2D eigenvalue weighted by Crippen LogP contribution is 2.42. The van der Waals surface area contributed by atoms with Crippen LogP contribution >= 0.6 is 0 Å². The first-order valence-corrected chi connectivity index (χ1v) is 12.1. The van der Waals surface area contributed by atoms with Gasteiger partial charge in [-0.25, -0.2) is 4.79 Å². The average Bonchev–Trinajstić information content (AvgIpc) is 2.87. The predicted molar refractivity (Wildman–Crippen MR) is 143 cm³/mol. The molecule has 3 aromatic carbocycles. The maximum absolute atomic E-state index is 14.3. The number of rotatable bonds is 5. The van der Waals surface area contributed by atoms with Crippen molar-refractivity contribution in [3.63, 3.8) is 0 Å². The van der Waals surface area contributed by atoms with E-state index in [2.05, 4.69) is 20.8 Å². The average molecular weight is 487 g/mol. The van der Waals surface area contributed by atoms with E-state index < -0.39 is 11.5 Å². The highest BCUT2D eigenvalue weighted by molar-refractivity contribution is 6.12. The molecule has 6 nitrogen and oxygen atoms in total. The van der Waals surface area contributed by atoms with Crippen molar-refractivity contribution < 1.29 is 19.1 Å². The summed E-state index contributed by atoms with van der Waals surface area (Å²) < 4.78 is 11.0. The number of aryl methyl sites for hydroxylation is 1. The molecule has 3 aromatic rings. The highest BCUT2D eigenvalue weighted by atomic mass is 16.5. The maximum atomic E-state index is 14.3. The van der Waals surface area contributed by atoms with Crippen molar-refractivity contribution >= 4 is 23.3 Å². The second-order valence-electron chi connectivity index (χ2n) is 10.4. The number of hydrogen-bond donors (Lipinski definition) is 1. The molecule has 0 aromatic heterocycles. The standard InChI is InChI=1S/C30H34N2O4/c1-29(2,3)24-13-11-22(18-26(24)35-4)27(33)32-25-14-12-23(31)17-21(25)15-16-30(32,28(34)36-5)19-20-9-7-6-8-10-20/h6-14,17-18H,15-16,19,31H2,1-5H3. The predicted octanol–water partition coefficient (Wildman–Crippen LogP) is 5.32. The van der Waals surface area contributed by atoms with Crippen LogP contribution in [0.5, 0.6) is 5.75 Å². The van der Waals surface area contributed by atoms with Crippen LogP contribution in [0.1, 0.15) is 54.2 Å². The van der Waals surface area contributed by atoms with Crippen molar-refractivity contribution in [3.05, 3.63) is 89.0 Å². The molecule has 1 unspecified atom stereocenters. The van der Waals surface area contributed by atoms with E-state index in [1.165, 1.54) is 7.11 Å². The van der Waals surface area contributed by atoms with E-state index in [0.29, 0.717) is 42.0 Å². The minimum absolute atomic E-state index is 0.161. The van der Waals surface area contributed by atoms with E-state index in [1.54, 1.807) is 24.1 Å². The third kappa shape index (κ3) is 4.55. The van der Waals surface area contributed by atoms with Crippen LogP contribution < -0.4 is 15.4 Å². The minimum Gasteiger partial charge on any atom is -0.496 e. The molecule has 0 saturated carbocycles. The van der Waals surface area contributed by atoms with Crippen LogP contribution in [0.3, 0.4) is 0 Å². The molecule has 1 aliphatic rings. The first-order chi connectivity index (χ1) is 17.1. The number of benzene rings is 3. The van der Waals surface area contributed by atoms with Gasteiger partial charge in [0.1, 0.15) is 11.3 Å². The number of amides is 1. The Bertz CT molecular complexity index is 1280. The van der Waals surface area contributed by atoms with Gasteiger partial charge in [-0.3, -0.25) is 9.69 Å². The number of carbonyl (C=O) groups excluding carboxylic acids is 2. The summed E-state index contributed by atoms with van der Waals surface area (Å²) in [7, 11) is 2.98.